The van der Waals surface area contributed by atoms with Crippen LogP contribution in [0.4, 0.5) is 0 Å². The molecule has 1 aromatic carbocycles. The molecule has 0 radical (unpaired) electrons. The van der Waals surface area contributed by atoms with Gasteiger partial charge in [0.25, 0.3) is 11.8 Å². The van der Waals surface area contributed by atoms with Gasteiger partial charge in [0.2, 0.25) is 0 Å². The molecule has 1 aliphatic carbocycles. The molecule has 0 saturated heterocycles. The minimum atomic E-state index is -0.548. The van der Waals surface area contributed by atoms with Crippen LogP contribution in [0.2, 0.25) is 0 Å². The zero-order valence-electron chi connectivity index (χ0n) is 12.1. The Morgan fingerprint density at radius 2 is 2.05 bits per heavy atom. The summed E-state index contributed by atoms with van der Waals surface area (Å²) in [5.41, 5.74) is 11.5. The third-order valence-corrected chi connectivity index (χ3v) is 3.85. The van der Waals surface area contributed by atoms with E-state index in [4.69, 9.17) is 20.7 Å². The van der Waals surface area contributed by atoms with E-state index in [0.29, 0.717) is 23.0 Å². The number of carbonyl (C=O) groups is 1. The van der Waals surface area contributed by atoms with E-state index in [9.17, 15) is 4.79 Å². The first-order valence-corrected chi connectivity index (χ1v) is 7.22. The van der Waals surface area contributed by atoms with Crippen molar-refractivity contribution in [2.45, 2.75) is 31.2 Å². The second kappa shape index (κ2) is 5.76. The molecule has 0 spiro atoms. The van der Waals surface area contributed by atoms with Gasteiger partial charge in [-0.2, -0.15) is 4.98 Å². The smallest absolute Gasteiger partial charge is 0.261 e. The first kappa shape index (κ1) is 14.5. The molecule has 0 unspecified atom stereocenters. The number of nitrogens with two attached hydrogens (primary N) is 2. The van der Waals surface area contributed by atoms with Crippen LogP contribution in [0, 0.1) is 0 Å². The minimum absolute atomic E-state index is 0.209. The molecular weight excluding hydrogens is 284 g/mol. The first-order chi connectivity index (χ1) is 10.6. The highest BCUT2D eigenvalue weighted by Crippen LogP contribution is 2.36. The lowest BCUT2D eigenvalue weighted by atomic mass is 9.99. The number of hydrogen-bond donors (Lipinski definition) is 2. The summed E-state index contributed by atoms with van der Waals surface area (Å²) >= 11 is 0. The van der Waals surface area contributed by atoms with E-state index in [1.54, 1.807) is 18.2 Å². The van der Waals surface area contributed by atoms with Crippen molar-refractivity contribution in [1.82, 2.24) is 10.1 Å². The van der Waals surface area contributed by atoms with Crippen LogP contribution >= 0.6 is 0 Å². The number of hydrogen-bond acceptors (Lipinski definition) is 6. The number of nitrogens with zero attached hydrogens (tertiary/aromatic N) is 2. The van der Waals surface area contributed by atoms with Crippen molar-refractivity contribution in [3.8, 4) is 17.2 Å². The molecular formula is C15H18N4O3. The van der Waals surface area contributed by atoms with Crippen LogP contribution in [0.3, 0.4) is 0 Å². The maximum absolute atomic E-state index is 10.9. The molecule has 1 aromatic heterocycles. The van der Waals surface area contributed by atoms with Crippen LogP contribution in [-0.4, -0.2) is 22.7 Å². The topological polar surface area (TPSA) is 117 Å². The number of ether oxygens (including phenoxy) is 1. The van der Waals surface area contributed by atoms with Gasteiger partial charge in [-0.05, 0) is 25.0 Å². The molecule has 4 N–H and O–H groups in total. The van der Waals surface area contributed by atoms with Gasteiger partial charge in [-0.15, -0.1) is 0 Å². The third-order valence-electron chi connectivity index (χ3n) is 3.85. The van der Waals surface area contributed by atoms with Crippen LogP contribution in [0.1, 0.15) is 31.5 Å². The maximum atomic E-state index is 10.9. The van der Waals surface area contributed by atoms with Gasteiger partial charge < -0.3 is 20.7 Å². The first-order valence-electron chi connectivity index (χ1n) is 7.22. The Kier molecular flexibility index (Phi) is 3.81. The minimum Gasteiger partial charge on any atom is -0.483 e. The van der Waals surface area contributed by atoms with Gasteiger partial charge in [0.1, 0.15) is 5.75 Å². The van der Waals surface area contributed by atoms with Gasteiger partial charge in [-0.1, -0.05) is 30.1 Å². The van der Waals surface area contributed by atoms with Crippen LogP contribution in [0.15, 0.2) is 28.8 Å². The summed E-state index contributed by atoms with van der Waals surface area (Å²) in [6, 6.07) is 7.12. The summed E-state index contributed by atoms with van der Waals surface area (Å²) in [5.74, 6) is 0.762. The molecule has 1 saturated carbocycles. The summed E-state index contributed by atoms with van der Waals surface area (Å²) in [4.78, 5) is 15.3. The SMILES string of the molecule is NC(=O)COc1ccccc1-c1nc(C2(N)CCCC2)no1. The molecule has 0 bridgehead atoms. The number of amides is 1. The van der Waals surface area contributed by atoms with Gasteiger partial charge in [0.15, 0.2) is 12.4 Å². The lowest BCUT2D eigenvalue weighted by Gasteiger charge is -2.17. The van der Waals surface area contributed by atoms with E-state index < -0.39 is 11.4 Å². The Morgan fingerprint density at radius 3 is 2.77 bits per heavy atom. The van der Waals surface area contributed by atoms with E-state index in [-0.39, 0.29) is 6.61 Å². The van der Waals surface area contributed by atoms with Crippen molar-refractivity contribution in [3.63, 3.8) is 0 Å². The second-order valence-electron chi connectivity index (χ2n) is 5.54. The number of aromatic nitrogens is 2. The number of para-hydroxylation sites is 1. The molecule has 1 aliphatic rings. The summed E-state index contributed by atoms with van der Waals surface area (Å²) < 4.78 is 10.7. The number of carbonyl (C=O) groups excluding carboxylic acids is 1. The predicted octanol–water partition coefficient (Wildman–Crippen LogP) is 1.33. The van der Waals surface area contributed by atoms with Crippen molar-refractivity contribution in [2.24, 2.45) is 11.5 Å². The second-order valence-corrected chi connectivity index (χ2v) is 5.54. The van der Waals surface area contributed by atoms with Crippen molar-refractivity contribution in [3.05, 3.63) is 30.1 Å². The summed E-state index contributed by atoms with van der Waals surface area (Å²) in [6.07, 6.45) is 3.84. The van der Waals surface area contributed by atoms with E-state index in [1.165, 1.54) is 0 Å². The van der Waals surface area contributed by atoms with Crippen LogP contribution in [0.25, 0.3) is 11.5 Å². The standard InChI is InChI=1S/C15H18N4O3/c16-12(20)9-21-11-6-2-1-5-10(11)13-18-14(19-22-13)15(17)7-3-4-8-15/h1-2,5-6H,3-4,7-9,17H2,(H2,16,20). The predicted molar refractivity (Wildman–Crippen MR) is 78.8 cm³/mol. The number of rotatable bonds is 5. The summed E-state index contributed by atoms with van der Waals surface area (Å²) in [6.45, 7) is -0.209. The Bertz CT molecular complexity index is 677. The Morgan fingerprint density at radius 1 is 1.32 bits per heavy atom. The molecule has 22 heavy (non-hydrogen) atoms. The van der Waals surface area contributed by atoms with Crippen LogP contribution in [0.5, 0.6) is 5.75 Å². The zero-order valence-corrected chi connectivity index (χ0v) is 12.1. The molecule has 116 valence electrons. The molecule has 1 heterocycles. The molecule has 7 nitrogen and oxygen atoms in total. The highest BCUT2D eigenvalue weighted by Gasteiger charge is 2.36. The zero-order chi connectivity index (χ0) is 15.6. The molecule has 0 aliphatic heterocycles. The van der Waals surface area contributed by atoms with Crippen LogP contribution in [-0.2, 0) is 10.3 Å². The fraction of sp³-hybridized carbons (Fsp3) is 0.400. The quantitative estimate of drug-likeness (QED) is 0.860. The maximum Gasteiger partial charge on any atom is 0.261 e. The van der Waals surface area contributed by atoms with Gasteiger partial charge in [-0.25, -0.2) is 0 Å². The van der Waals surface area contributed by atoms with Crippen molar-refractivity contribution in [2.75, 3.05) is 6.61 Å². The Labute approximate surface area is 127 Å². The van der Waals surface area contributed by atoms with Gasteiger partial charge in [-0.3, -0.25) is 4.79 Å². The Balaban J connectivity index is 1.88. The fourth-order valence-electron chi connectivity index (χ4n) is 2.68. The van der Waals surface area contributed by atoms with Crippen LogP contribution < -0.4 is 16.2 Å². The highest BCUT2D eigenvalue weighted by molar-refractivity contribution is 5.75. The van der Waals surface area contributed by atoms with Gasteiger partial charge in [0, 0.05) is 0 Å². The summed E-state index contributed by atoms with van der Waals surface area (Å²) in [7, 11) is 0. The highest BCUT2D eigenvalue weighted by atomic mass is 16.5. The van der Waals surface area contributed by atoms with Gasteiger partial charge >= 0.3 is 0 Å². The van der Waals surface area contributed by atoms with E-state index >= 15 is 0 Å². The molecule has 1 fully saturated rings. The van der Waals surface area contributed by atoms with E-state index in [1.807, 2.05) is 6.07 Å². The fourth-order valence-corrected chi connectivity index (χ4v) is 2.68. The molecule has 1 amide bonds. The lowest BCUT2D eigenvalue weighted by molar-refractivity contribution is -0.119. The normalized spacial score (nSPS) is 16.6. The summed E-state index contributed by atoms with van der Waals surface area (Å²) in [5, 5.41) is 4.02. The number of primary amides is 1. The van der Waals surface area contributed by atoms with Crippen molar-refractivity contribution >= 4 is 5.91 Å². The Hall–Kier alpha value is -2.41. The average Bonchev–Trinajstić information content (AvgIpc) is 3.15. The molecule has 2 aromatic rings. The third kappa shape index (κ3) is 2.80. The molecule has 7 heteroatoms. The van der Waals surface area contributed by atoms with E-state index in [0.717, 1.165) is 25.7 Å². The largest absolute Gasteiger partial charge is 0.483 e. The van der Waals surface area contributed by atoms with E-state index in [2.05, 4.69) is 10.1 Å². The number of benzene rings is 1. The monoisotopic (exact) mass is 302 g/mol. The molecule has 3 rings (SSSR count). The van der Waals surface area contributed by atoms with Crippen molar-refractivity contribution < 1.29 is 14.1 Å². The average molecular weight is 302 g/mol. The van der Waals surface area contributed by atoms with Crippen molar-refractivity contribution in [1.29, 1.82) is 0 Å². The molecule has 0 atom stereocenters. The lowest BCUT2D eigenvalue weighted by Crippen LogP contribution is -2.34. The van der Waals surface area contributed by atoms with Gasteiger partial charge in [0.05, 0.1) is 11.1 Å².